The van der Waals surface area contributed by atoms with Crippen molar-refractivity contribution in [3.63, 3.8) is 0 Å². The molecule has 0 saturated carbocycles. The number of carbonyl (C=O) groups excluding carboxylic acids is 1. The quantitative estimate of drug-likeness (QED) is 0.425. The van der Waals surface area contributed by atoms with Gasteiger partial charge in [-0.15, -0.1) is 5.10 Å². The molecule has 35 heavy (non-hydrogen) atoms. The minimum atomic E-state index is -3.77. The van der Waals surface area contributed by atoms with Gasteiger partial charge in [0.1, 0.15) is 17.3 Å². The lowest BCUT2D eigenvalue weighted by molar-refractivity contribution is 0.102. The number of aliphatic hydroxyl groups excluding tert-OH is 1. The number of benzene rings is 1. The Labute approximate surface area is 201 Å². The van der Waals surface area contributed by atoms with Crippen molar-refractivity contribution in [2.45, 2.75) is 24.4 Å². The first-order chi connectivity index (χ1) is 16.8. The first kappa shape index (κ1) is 24.7. The molecular formula is C21H25N7O6S. The molecule has 3 aromatic rings. The van der Waals surface area contributed by atoms with Gasteiger partial charge < -0.3 is 19.9 Å². The van der Waals surface area contributed by atoms with Gasteiger partial charge in [-0.1, -0.05) is 6.07 Å². The Hall–Kier alpha value is -3.46. The number of aliphatic hydroxyl groups is 1. The Balaban J connectivity index is 1.63. The van der Waals surface area contributed by atoms with Crippen molar-refractivity contribution in [3.8, 4) is 17.3 Å². The lowest BCUT2D eigenvalue weighted by atomic mass is 10.1. The van der Waals surface area contributed by atoms with Gasteiger partial charge in [-0.05, 0) is 47.2 Å². The lowest BCUT2D eigenvalue weighted by Crippen LogP contribution is -2.27. The minimum Gasteiger partial charge on any atom is -0.496 e. The van der Waals surface area contributed by atoms with E-state index in [0.29, 0.717) is 17.1 Å². The number of ether oxygens (including phenoxy) is 2. The maximum Gasteiger partial charge on any atom is 0.260 e. The molecule has 1 aliphatic rings. The Morgan fingerprint density at radius 3 is 2.80 bits per heavy atom. The second-order valence-corrected chi connectivity index (χ2v) is 9.74. The van der Waals surface area contributed by atoms with Gasteiger partial charge in [0, 0.05) is 20.2 Å². The molecule has 1 amide bonds. The van der Waals surface area contributed by atoms with Crippen LogP contribution in [0.5, 0.6) is 5.75 Å². The number of amides is 1. The smallest absolute Gasteiger partial charge is 0.260 e. The molecule has 0 saturated heterocycles. The number of rotatable bonds is 9. The molecular weight excluding hydrogens is 478 g/mol. The molecule has 0 radical (unpaired) electrons. The van der Waals surface area contributed by atoms with E-state index in [0.717, 1.165) is 0 Å². The van der Waals surface area contributed by atoms with Crippen LogP contribution in [0, 0.1) is 0 Å². The lowest BCUT2D eigenvalue weighted by Gasteiger charge is -2.13. The van der Waals surface area contributed by atoms with Crippen LogP contribution in [-0.2, 0) is 21.3 Å². The maximum absolute atomic E-state index is 13.1. The zero-order valence-electron chi connectivity index (χ0n) is 19.4. The van der Waals surface area contributed by atoms with Crippen molar-refractivity contribution in [1.82, 2.24) is 29.5 Å². The first-order valence-electron chi connectivity index (χ1n) is 10.7. The van der Waals surface area contributed by atoms with Gasteiger partial charge >= 0.3 is 0 Å². The van der Waals surface area contributed by atoms with E-state index < -0.39 is 15.9 Å². The van der Waals surface area contributed by atoms with E-state index in [2.05, 4.69) is 25.8 Å². The zero-order valence-corrected chi connectivity index (χ0v) is 20.2. The number of anilines is 1. The molecule has 13 nitrogen and oxygen atoms in total. The summed E-state index contributed by atoms with van der Waals surface area (Å²) >= 11 is 0. The molecule has 4 rings (SSSR count). The van der Waals surface area contributed by atoms with Gasteiger partial charge in [0.2, 0.25) is 15.8 Å². The van der Waals surface area contributed by atoms with E-state index in [1.54, 1.807) is 31.2 Å². The number of sulfonamides is 1. The molecule has 1 unspecified atom stereocenters. The number of hydrogen-bond acceptors (Lipinski definition) is 10. The molecule has 0 bridgehead atoms. The van der Waals surface area contributed by atoms with Gasteiger partial charge in [0.25, 0.3) is 5.91 Å². The summed E-state index contributed by atoms with van der Waals surface area (Å²) in [7, 11) is -0.861. The van der Waals surface area contributed by atoms with Crippen LogP contribution >= 0.6 is 0 Å². The van der Waals surface area contributed by atoms with Gasteiger partial charge in [0.05, 0.1) is 36.8 Å². The molecule has 3 heterocycles. The average Bonchev–Trinajstić information content (AvgIpc) is 3.44. The van der Waals surface area contributed by atoms with Crippen LogP contribution < -0.4 is 10.1 Å². The van der Waals surface area contributed by atoms with Crippen molar-refractivity contribution in [1.29, 1.82) is 0 Å². The molecule has 186 valence electrons. The van der Waals surface area contributed by atoms with Crippen LogP contribution in [0.4, 0.5) is 5.82 Å². The van der Waals surface area contributed by atoms with Crippen molar-refractivity contribution in [3.05, 3.63) is 41.5 Å². The van der Waals surface area contributed by atoms with Crippen molar-refractivity contribution < 1.29 is 27.8 Å². The van der Waals surface area contributed by atoms with Gasteiger partial charge in [-0.25, -0.2) is 18.1 Å². The number of hydrogen-bond donors (Lipinski definition) is 2. The molecule has 0 aliphatic carbocycles. The zero-order chi connectivity index (χ0) is 25.2. The summed E-state index contributed by atoms with van der Waals surface area (Å²) in [6.45, 7) is 2.20. The van der Waals surface area contributed by atoms with Crippen molar-refractivity contribution in [2.24, 2.45) is 0 Å². The molecule has 2 N–H and O–H groups in total. The number of aromatic nitrogens is 5. The summed E-state index contributed by atoms with van der Waals surface area (Å²) in [5, 5.41) is 23.6. The van der Waals surface area contributed by atoms with Crippen LogP contribution in [0.25, 0.3) is 11.5 Å². The molecule has 1 atom stereocenters. The summed E-state index contributed by atoms with van der Waals surface area (Å²) in [6.07, 6.45) is 0. The topological polar surface area (TPSA) is 162 Å². The summed E-state index contributed by atoms with van der Waals surface area (Å²) in [5.74, 6) is 0.163. The minimum absolute atomic E-state index is 0.0503. The molecule has 1 aliphatic heterocycles. The third kappa shape index (κ3) is 4.73. The fraction of sp³-hybridized carbons (Fsp3) is 0.381. The highest BCUT2D eigenvalue weighted by Crippen LogP contribution is 2.35. The Morgan fingerprint density at radius 1 is 1.29 bits per heavy atom. The summed E-state index contributed by atoms with van der Waals surface area (Å²) in [6, 6.07) is 7.41. The predicted molar refractivity (Wildman–Crippen MR) is 123 cm³/mol. The fourth-order valence-electron chi connectivity index (χ4n) is 3.67. The average molecular weight is 504 g/mol. The highest BCUT2D eigenvalue weighted by Gasteiger charge is 2.36. The number of tetrazole rings is 1. The van der Waals surface area contributed by atoms with Gasteiger partial charge in [-0.2, -0.15) is 4.31 Å². The second kappa shape index (κ2) is 10.0. The molecule has 1 aromatic carbocycles. The summed E-state index contributed by atoms with van der Waals surface area (Å²) < 4.78 is 39.0. The van der Waals surface area contributed by atoms with Gasteiger partial charge in [0.15, 0.2) is 0 Å². The number of carbonyl (C=O) groups is 1. The number of pyridine rings is 1. The third-order valence-corrected chi connectivity index (χ3v) is 7.46. The van der Waals surface area contributed by atoms with Crippen molar-refractivity contribution >= 4 is 21.7 Å². The van der Waals surface area contributed by atoms with E-state index in [1.807, 2.05) is 0 Å². The predicted octanol–water partition coefficient (Wildman–Crippen LogP) is 0.700. The monoisotopic (exact) mass is 503 g/mol. The SMILES string of the molecule is COCCN1Cc2cc(OC)c(C(=O)Nc3cccc(-c4nnnn4C(C)CO)n3)cc2S1(=O)=O. The normalized spacial score (nSPS) is 15.5. The number of nitrogens with zero attached hydrogens (tertiary/aromatic N) is 6. The second-order valence-electron chi connectivity index (χ2n) is 7.83. The number of nitrogens with one attached hydrogen (secondary N) is 1. The molecule has 14 heteroatoms. The van der Waals surface area contributed by atoms with Crippen LogP contribution in [0.15, 0.2) is 35.2 Å². The van der Waals surface area contributed by atoms with E-state index in [9.17, 15) is 18.3 Å². The van der Waals surface area contributed by atoms with Crippen LogP contribution in [-0.4, -0.2) is 82.9 Å². The van der Waals surface area contributed by atoms with Crippen molar-refractivity contribution in [2.75, 3.05) is 39.3 Å². The highest BCUT2D eigenvalue weighted by atomic mass is 32.2. The Kier molecular flexibility index (Phi) is 7.07. The Bertz CT molecular complexity index is 1340. The molecule has 0 spiro atoms. The van der Waals surface area contributed by atoms with E-state index in [4.69, 9.17) is 9.47 Å². The molecule has 2 aromatic heterocycles. The standard InChI is InChI=1S/C21H25N7O6S/c1-13(12-29)28-20(24-25-26-28)16-5-4-6-19(22-16)23-21(30)15-10-18-14(9-17(15)34-3)11-27(7-8-33-2)35(18,31)32/h4-6,9-10,13,29H,7-8,11-12H2,1-3H3,(H,22,23,30). The largest absolute Gasteiger partial charge is 0.496 e. The van der Waals surface area contributed by atoms with Crippen LogP contribution in [0.3, 0.4) is 0 Å². The maximum atomic E-state index is 13.1. The van der Waals surface area contributed by atoms with E-state index in [-0.39, 0.29) is 54.4 Å². The summed E-state index contributed by atoms with van der Waals surface area (Å²) in [4.78, 5) is 17.6. The van der Waals surface area contributed by atoms with E-state index >= 15 is 0 Å². The Morgan fingerprint density at radius 2 is 2.09 bits per heavy atom. The number of methoxy groups -OCH3 is 2. The third-order valence-electron chi connectivity index (χ3n) is 5.53. The summed E-state index contributed by atoms with van der Waals surface area (Å²) in [5.41, 5.74) is 0.971. The number of fused-ring (bicyclic) bond motifs is 1. The fourth-order valence-corrected chi connectivity index (χ4v) is 5.29. The first-order valence-corrected chi connectivity index (χ1v) is 12.1. The van der Waals surface area contributed by atoms with E-state index in [1.165, 1.54) is 29.3 Å². The molecule has 0 fully saturated rings. The highest BCUT2D eigenvalue weighted by molar-refractivity contribution is 7.89. The van der Waals surface area contributed by atoms with Crippen LogP contribution in [0.2, 0.25) is 0 Å². The van der Waals surface area contributed by atoms with Gasteiger partial charge in [-0.3, -0.25) is 4.79 Å². The van der Waals surface area contributed by atoms with Crippen LogP contribution in [0.1, 0.15) is 28.9 Å².